The molecule has 116 valence electrons. The summed E-state index contributed by atoms with van der Waals surface area (Å²) in [4.78, 5) is 12.0. The van der Waals surface area contributed by atoms with Crippen molar-refractivity contribution in [2.24, 2.45) is 5.92 Å². The second-order valence-electron chi connectivity index (χ2n) is 6.07. The molecule has 0 aliphatic heterocycles. The number of aromatic hydroxyl groups is 1. The van der Waals surface area contributed by atoms with Crippen LogP contribution in [0.4, 0.5) is 0 Å². The van der Waals surface area contributed by atoms with Crippen molar-refractivity contribution in [3.05, 3.63) is 29.3 Å². The lowest BCUT2D eigenvalue weighted by atomic mass is 9.83. The quantitative estimate of drug-likeness (QED) is 0.731. The minimum atomic E-state index is -0.164. The monoisotopic (exact) mass is 291 g/mol. The van der Waals surface area contributed by atoms with Crippen molar-refractivity contribution in [2.45, 2.75) is 51.6 Å². The summed E-state index contributed by atoms with van der Waals surface area (Å²) in [7, 11) is 0. The van der Waals surface area contributed by atoms with Crippen LogP contribution < -0.4 is 5.32 Å². The number of hydrogen-bond acceptors (Lipinski definition) is 3. The van der Waals surface area contributed by atoms with Gasteiger partial charge in [0.15, 0.2) is 0 Å². The van der Waals surface area contributed by atoms with E-state index >= 15 is 0 Å². The molecule has 1 aromatic rings. The lowest BCUT2D eigenvalue weighted by Gasteiger charge is -2.27. The third-order valence-electron chi connectivity index (χ3n) is 4.23. The Bertz CT molecular complexity index is 467. The van der Waals surface area contributed by atoms with Crippen molar-refractivity contribution in [3.63, 3.8) is 0 Å². The molecule has 1 amide bonds. The predicted molar refractivity (Wildman–Crippen MR) is 82.4 cm³/mol. The van der Waals surface area contributed by atoms with Crippen molar-refractivity contribution in [1.82, 2.24) is 5.32 Å². The second-order valence-corrected chi connectivity index (χ2v) is 6.07. The molecule has 1 aliphatic carbocycles. The summed E-state index contributed by atoms with van der Waals surface area (Å²) in [5, 5.41) is 22.3. The van der Waals surface area contributed by atoms with Crippen LogP contribution in [0.15, 0.2) is 18.2 Å². The molecule has 0 bridgehead atoms. The van der Waals surface area contributed by atoms with Gasteiger partial charge in [0.2, 0.25) is 0 Å². The van der Waals surface area contributed by atoms with Crippen molar-refractivity contribution < 1.29 is 15.0 Å². The number of phenols is 1. The lowest BCUT2D eigenvalue weighted by molar-refractivity contribution is 0.0641. The Kier molecular flexibility index (Phi) is 5.62. The summed E-state index contributed by atoms with van der Waals surface area (Å²) >= 11 is 0. The molecular weight excluding hydrogens is 266 g/mol. The molecular formula is C17H25NO3. The summed E-state index contributed by atoms with van der Waals surface area (Å²) in [6.45, 7) is 2.46. The van der Waals surface area contributed by atoms with E-state index in [1.54, 1.807) is 12.1 Å². The fourth-order valence-electron chi connectivity index (χ4n) is 3.09. The maximum Gasteiger partial charge on any atom is 0.251 e. The summed E-state index contributed by atoms with van der Waals surface area (Å²) in [6, 6.07) is 4.87. The standard InChI is InChI=1S/C17H25NO3/c1-12-9-14(11-15(19)10-12)17(21)18-8-4-6-13-5-2-3-7-16(13)20/h9-11,13,16,19-20H,2-8H2,1H3,(H,18,21). The van der Waals surface area contributed by atoms with Crippen LogP contribution in [0.2, 0.25) is 0 Å². The van der Waals surface area contributed by atoms with E-state index in [0.717, 1.165) is 37.7 Å². The predicted octanol–water partition coefficient (Wildman–Crippen LogP) is 2.76. The first-order valence-corrected chi connectivity index (χ1v) is 7.83. The van der Waals surface area contributed by atoms with Gasteiger partial charge in [0.1, 0.15) is 5.75 Å². The smallest absolute Gasteiger partial charge is 0.251 e. The highest BCUT2D eigenvalue weighted by Crippen LogP contribution is 2.27. The van der Waals surface area contributed by atoms with Crippen LogP contribution in [-0.4, -0.2) is 28.8 Å². The third-order valence-corrected chi connectivity index (χ3v) is 4.23. The topological polar surface area (TPSA) is 69.6 Å². The SMILES string of the molecule is Cc1cc(O)cc(C(=O)NCCCC2CCCCC2O)c1. The van der Waals surface area contributed by atoms with Gasteiger partial charge in [0, 0.05) is 12.1 Å². The van der Waals surface area contributed by atoms with Gasteiger partial charge in [-0.2, -0.15) is 0 Å². The molecule has 21 heavy (non-hydrogen) atoms. The number of carbonyl (C=O) groups is 1. The van der Waals surface area contributed by atoms with Gasteiger partial charge in [0.05, 0.1) is 6.10 Å². The van der Waals surface area contributed by atoms with Gasteiger partial charge >= 0.3 is 0 Å². The Morgan fingerprint density at radius 2 is 2.05 bits per heavy atom. The molecule has 3 N–H and O–H groups in total. The maximum absolute atomic E-state index is 12.0. The van der Waals surface area contributed by atoms with Crippen LogP contribution in [0.1, 0.15) is 54.4 Å². The molecule has 0 heterocycles. The van der Waals surface area contributed by atoms with Crippen molar-refractivity contribution in [3.8, 4) is 5.75 Å². The van der Waals surface area contributed by atoms with Crippen LogP contribution in [0.3, 0.4) is 0 Å². The van der Waals surface area contributed by atoms with Crippen molar-refractivity contribution in [1.29, 1.82) is 0 Å². The summed E-state index contributed by atoms with van der Waals surface area (Å²) in [5.41, 5.74) is 1.36. The number of nitrogens with one attached hydrogen (secondary N) is 1. The summed E-state index contributed by atoms with van der Waals surface area (Å²) < 4.78 is 0. The number of hydrogen-bond donors (Lipinski definition) is 3. The van der Waals surface area contributed by atoms with Gasteiger partial charge in [0.25, 0.3) is 5.91 Å². The number of rotatable bonds is 5. The third kappa shape index (κ3) is 4.74. The number of aliphatic hydroxyl groups is 1. The second kappa shape index (κ2) is 7.46. The highest BCUT2D eigenvalue weighted by atomic mass is 16.3. The van der Waals surface area contributed by atoms with Crippen LogP contribution >= 0.6 is 0 Å². The van der Waals surface area contributed by atoms with Crippen LogP contribution in [-0.2, 0) is 0 Å². The lowest BCUT2D eigenvalue weighted by Crippen LogP contribution is -2.28. The maximum atomic E-state index is 12.0. The zero-order valence-corrected chi connectivity index (χ0v) is 12.6. The molecule has 1 aliphatic rings. The van der Waals surface area contributed by atoms with E-state index in [4.69, 9.17) is 0 Å². The van der Waals surface area contributed by atoms with Crippen LogP contribution in [0.25, 0.3) is 0 Å². The van der Waals surface area contributed by atoms with Crippen LogP contribution in [0, 0.1) is 12.8 Å². The molecule has 1 saturated carbocycles. The Morgan fingerprint density at radius 3 is 2.76 bits per heavy atom. The molecule has 2 rings (SSSR count). The van der Waals surface area contributed by atoms with Gasteiger partial charge in [-0.3, -0.25) is 4.79 Å². The van der Waals surface area contributed by atoms with E-state index in [9.17, 15) is 15.0 Å². The molecule has 4 nitrogen and oxygen atoms in total. The van der Waals surface area contributed by atoms with Gasteiger partial charge in [-0.05, 0) is 62.3 Å². The van der Waals surface area contributed by atoms with Crippen molar-refractivity contribution in [2.75, 3.05) is 6.54 Å². The Morgan fingerprint density at radius 1 is 1.29 bits per heavy atom. The fourth-order valence-corrected chi connectivity index (χ4v) is 3.09. The van der Waals surface area contributed by atoms with Crippen LogP contribution in [0.5, 0.6) is 5.75 Å². The largest absolute Gasteiger partial charge is 0.508 e. The first-order chi connectivity index (χ1) is 10.1. The summed E-state index contributed by atoms with van der Waals surface area (Å²) in [6.07, 6.45) is 6.02. The Balaban J connectivity index is 1.74. The first kappa shape index (κ1) is 15.8. The number of phenolic OH excluding ortho intramolecular Hbond substituents is 1. The van der Waals surface area contributed by atoms with E-state index in [0.29, 0.717) is 18.0 Å². The molecule has 0 spiro atoms. The molecule has 2 atom stereocenters. The Labute approximate surface area is 126 Å². The fraction of sp³-hybridized carbons (Fsp3) is 0.588. The van der Waals surface area contributed by atoms with E-state index in [1.165, 1.54) is 12.5 Å². The van der Waals surface area contributed by atoms with Gasteiger partial charge in [-0.25, -0.2) is 0 Å². The molecule has 4 heteroatoms. The molecule has 0 saturated heterocycles. The Hall–Kier alpha value is -1.55. The minimum Gasteiger partial charge on any atom is -0.508 e. The number of carbonyl (C=O) groups excluding carboxylic acids is 1. The van der Waals surface area contributed by atoms with Gasteiger partial charge in [-0.1, -0.05) is 12.8 Å². The molecule has 1 fully saturated rings. The molecule has 1 aromatic carbocycles. The number of benzene rings is 1. The first-order valence-electron chi connectivity index (χ1n) is 7.83. The molecule has 0 radical (unpaired) electrons. The highest BCUT2D eigenvalue weighted by Gasteiger charge is 2.22. The molecule has 2 unspecified atom stereocenters. The van der Waals surface area contributed by atoms with E-state index in [-0.39, 0.29) is 17.8 Å². The molecule has 0 aromatic heterocycles. The average molecular weight is 291 g/mol. The van der Waals surface area contributed by atoms with E-state index in [1.807, 2.05) is 6.92 Å². The average Bonchev–Trinajstić information content (AvgIpc) is 2.44. The normalized spacial score (nSPS) is 22.0. The number of aliphatic hydroxyl groups excluding tert-OH is 1. The zero-order chi connectivity index (χ0) is 15.2. The van der Waals surface area contributed by atoms with Gasteiger partial charge < -0.3 is 15.5 Å². The number of amides is 1. The number of aryl methyl sites for hydroxylation is 1. The van der Waals surface area contributed by atoms with Crippen molar-refractivity contribution >= 4 is 5.91 Å². The zero-order valence-electron chi connectivity index (χ0n) is 12.6. The van der Waals surface area contributed by atoms with E-state index in [2.05, 4.69) is 5.32 Å². The summed E-state index contributed by atoms with van der Waals surface area (Å²) in [5.74, 6) is 0.349. The van der Waals surface area contributed by atoms with E-state index < -0.39 is 0 Å². The minimum absolute atomic E-state index is 0.116. The highest BCUT2D eigenvalue weighted by molar-refractivity contribution is 5.94. The van der Waals surface area contributed by atoms with Gasteiger partial charge in [-0.15, -0.1) is 0 Å².